The van der Waals surface area contributed by atoms with E-state index in [1.165, 1.54) is 0 Å². The van der Waals surface area contributed by atoms with E-state index in [2.05, 4.69) is 32.4 Å². The van der Waals surface area contributed by atoms with E-state index in [1.807, 2.05) is 56.3 Å². The molecule has 0 radical (unpaired) electrons. The van der Waals surface area contributed by atoms with Gasteiger partial charge in [0.25, 0.3) is 0 Å². The Hall–Kier alpha value is -1.92. The SMILES string of the molecule is CCC(N)(CC)CNc1nc(-c2ccc(-c3ccccc3)cc2)nc(C(Cl)(Cl)Cl)n1. The minimum Gasteiger partial charge on any atom is -0.352 e. The van der Waals surface area contributed by atoms with Gasteiger partial charge in [-0.15, -0.1) is 0 Å². The predicted octanol–water partition coefficient (Wildman–Crippen LogP) is 5.96. The molecule has 158 valence electrons. The molecule has 5 nitrogen and oxygen atoms in total. The molecule has 0 saturated heterocycles. The lowest BCUT2D eigenvalue weighted by Gasteiger charge is -2.27. The molecule has 0 amide bonds. The smallest absolute Gasteiger partial charge is 0.250 e. The second kappa shape index (κ2) is 9.48. The molecule has 0 aliphatic rings. The van der Waals surface area contributed by atoms with E-state index in [1.54, 1.807) is 0 Å². The average molecular weight is 465 g/mol. The molecule has 8 heteroatoms. The minimum atomic E-state index is -1.77. The number of anilines is 1. The van der Waals surface area contributed by atoms with Crippen molar-refractivity contribution < 1.29 is 0 Å². The molecule has 30 heavy (non-hydrogen) atoms. The molecule has 3 N–H and O–H groups in total. The van der Waals surface area contributed by atoms with E-state index in [-0.39, 0.29) is 11.4 Å². The number of rotatable bonds is 7. The highest BCUT2D eigenvalue weighted by Gasteiger charge is 2.29. The highest BCUT2D eigenvalue weighted by Crippen LogP contribution is 2.37. The second-order valence-corrected chi connectivity index (χ2v) is 9.45. The minimum absolute atomic E-state index is 0.0581. The third-order valence-electron chi connectivity index (χ3n) is 5.15. The number of halogens is 3. The molecular weight excluding hydrogens is 441 g/mol. The van der Waals surface area contributed by atoms with Gasteiger partial charge in [-0.05, 0) is 24.0 Å². The Morgan fingerprint density at radius 1 is 0.800 bits per heavy atom. The Labute approximate surface area is 192 Å². The number of benzene rings is 2. The van der Waals surface area contributed by atoms with Crippen LogP contribution in [0.1, 0.15) is 32.5 Å². The maximum Gasteiger partial charge on any atom is 0.250 e. The van der Waals surface area contributed by atoms with Crippen LogP contribution in [0, 0.1) is 0 Å². The predicted molar refractivity (Wildman–Crippen MR) is 126 cm³/mol. The summed E-state index contributed by atoms with van der Waals surface area (Å²) in [6.07, 6.45) is 1.62. The van der Waals surface area contributed by atoms with Crippen molar-refractivity contribution in [3.63, 3.8) is 0 Å². The third kappa shape index (κ3) is 5.61. The Balaban J connectivity index is 1.93. The number of alkyl halides is 3. The number of aromatic nitrogens is 3. The number of nitrogens with one attached hydrogen (secondary N) is 1. The van der Waals surface area contributed by atoms with Crippen LogP contribution < -0.4 is 11.1 Å². The van der Waals surface area contributed by atoms with Crippen molar-refractivity contribution in [3.8, 4) is 22.5 Å². The molecule has 0 unspecified atom stereocenters. The largest absolute Gasteiger partial charge is 0.352 e. The summed E-state index contributed by atoms with van der Waals surface area (Å²) in [5.74, 6) is 0.803. The zero-order valence-corrected chi connectivity index (χ0v) is 19.1. The molecule has 0 bridgehead atoms. The molecule has 0 aliphatic heterocycles. The van der Waals surface area contributed by atoms with Gasteiger partial charge < -0.3 is 11.1 Å². The van der Waals surface area contributed by atoms with Crippen molar-refractivity contribution in [2.45, 2.75) is 36.0 Å². The van der Waals surface area contributed by atoms with Gasteiger partial charge in [-0.3, -0.25) is 0 Å². The molecule has 0 fully saturated rings. The van der Waals surface area contributed by atoms with Crippen LogP contribution in [0.25, 0.3) is 22.5 Å². The highest BCUT2D eigenvalue weighted by atomic mass is 35.6. The Morgan fingerprint density at radius 3 is 1.93 bits per heavy atom. The van der Waals surface area contributed by atoms with Crippen LogP contribution in [-0.4, -0.2) is 27.0 Å². The van der Waals surface area contributed by atoms with Crippen molar-refractivity contribution in [3.05, 3.63) is 60.4 Å². The highest BCUT2D eigenvalue weighted by molar-refractivity contribution is 6.66. The summed E-state index contributed by atoms with van der Waals surface area (Å²) in [6.45, 7) is 4.59. The first kappa shape index (κ1) is 22.8. The van der Waals surface area contributed by atoms with Gasteiger partial charge in [0, 0.05) is 17.6 Å². The lowest BCUT2D eigenvalue weighted by Crippen LogP contribution is -2.45. The standard InChI is InChI=1S/C22H24Cl3N5/c1-3-21(26,4-2)14-27-20-29-18(28-19(30-20)22(23,24)25)17-12-10-16(11-13-17)15-8-6-5-7-9-15/h5-13H,3-4,14,26H2,1-2H3,(H,27,28,29,30). The summed E-state index contributed by atoms with van der Waals surface area (Å²) in [5.41, 5.74) is 9.02. The number of nitrogens with zero attached hydrogens (tertiary/aromatic N) is 3. The zero-order valence-electron chi connectivity index (χ0n) is 16.9. The molecule has 1 heterocycles. The van der Waals surface area contributed by atoms with Gasteiger partial charge in [0.2, 0.25) is 9.74 Å². The molecule has 0 saturated carbocycles. The van der Waals surface area contributed by atoms with Gasteiger partial charge in [0.05, 0.1) is 0 Å². The van der Waals surface area contributed by atoms with E-state index in [0.29, 0.717) is 18.3 Å². The maximum atomic E-state index is 6.38. The van der Waals surface area contributed by atoms with Crippen LogP contribution in [-0.2, 0) is 3.79 Å². The van der Waals surface area contributed by atoms with E-state index in [9.17, 15) is 0 Å². The maximum absolute atomic E-state index is 6.38. The van der Waals surface area contributed by atoms with E-state index in [4.69, 9.17) is 40.5 Å². The Kier molecular flexibility index (Phi) is 7.19. The molecule has 3 aromatic rings. The van der Waals surface area contributed by atoms with Crippen LogP contribution in [0.3, 0.4) is 0 Å². The average Bonchev–Trinajstić information content (AvgIpc) is 2.77. The van der Waals surface area contributed by atoms with Crippen LogP contribution in [0.4, 0.5) is 5.95 Å². The summed E-state index contributed by atoms with van der Waals surface area (Å²) in [6, 6.07) is 18.0. The first-order valence-corrected chi connectivity index (χ1v) is 10.9. The van der Waals surface area contributed by atoms with Gasteiger partial charge in [0.15, 0.2) is 11.6 Å². The van der Waals surface area contributed by atoms with Gasteiger partial charge in [-0.1, -0.05) is 103 Å². The molecule has 1 aromatic heterocycles. The summed E-state index contributed by atoms with van der Waals surface area (Å²) in [4.78, 5) is 13.2. The molecule has 0 spiro atoms. The normalized spacial score (nSPS) is 12.1. The summed E-state index contributed by atoms with van der Waals surface area (Å²) in [5, 5.41) is 3.18. The molecule has 0 aliphatic carbocycles. The number of hydrogen-bond acceptors (Lipinski definition) is 5. The van der Waals surface area contributed by atoms with Crippen molar-refractivity contribution >= 4 is 40.8 Å². The first-order chi connectivity index (χ1) is 14.2. The van der Waals surface area contributed by atoms with E-state index >= 15 is 0 Å². The summed E-state index contributed by atoms with van der Waals surface area (Å²) in [7, 11) is 0. The van der Waals surface area contributed by atoms with Crippen molar-refractivity contribution in [2.75, 3.05) is 11.9 Å². The van der Waals surface area contributed by atoms with Crippen molar-refractivity contribution in [1.29, 1.82) is 0 Å². The fourth-order valence-electron chi connectivity index (χ4n) is 2.91. The summed E-state index contributed by atoms with van der Waals surface area (Å²) < 4.78 is -1.77. The fraction of sp³-hybridized carbons (Fsp3) is 0.318. The monoisotopic (exact) mass is 463 g/mol. The summed E-state index contributed by atoms with van der Waals surface area (Å²) >= 11 is 18.2. The van der Waals surface area contributed by atoms with Gasteiger partial charge in [0.1, 0.15) is 0 Å². The van der Waals surface area contributed by atoms with Crippen LogP contribution in [0.15, 0.2) is 54.6 Å². The molecule has 0 atom stereocenters. The zero-order chi connectivity index (χ0) is 21.8. The Morgan fingerprint density at radius 2 is 1.37 bits per heavy atom. The van der Waals surface area contributed by atoms with E-state index in [0.717, 1.165) is 29.5 Å². The molecular formula is C22H24Cl3N5. The van der Waals surface area contributed by atoms with Gasteiger partial charge in [-0.25, -0.2) is 4.98 Å². The molecule has 2 aromatic carbocycles. The first-order valence-electron chi connectivity index (χ1n) is 9.76. The van der Waals surface area contributed by atoms with Crippen LogP contribution >= 0.6 is 34.8 Å². The molecule has 3 rings (SSSR count). The van der Waals surface area contributed by atoms with E-state index < -0.39 is 3.79 Å². The van der Waals surface area contributed by atoms with Crippen molar-refractivity contribution in [2.24, 2.45) is 5.73 Å². The topological polar surface area (TPSA) is 76.7 Å². The number of nitrogens with two attached hydrogens (primary N) is 1. The van der Waals surface area contributed by atoms with Crippen LogP contribution in [0.5, 0.6) is 0 Å². The van der Waals surface area contributed by atoms with Gasteiger partial charge in [-0.2, -0.15) is 9.97 Å². The third-order valence-corrected chi connectivity index (χ3v) is 5.65. The second-order valence-electron chi connectivity index (χ2n) is 7.17. The Bertz CT molecular complexity index is 968. The quantitative estimate of drug-likeness (QED) is 0.422. The fourth-order valence-corrected chi connectivity index (χ4v) is 3.16. The lowest BCUT2D eigenvalue weighted by molar-refractivity contribution is 0.417. The lowest BCUT2D eigenvalue weighted by atomic mass is 9.94. The van der Waals surface area contributed by atoms with Crippen molar-refractivity contribution in [1.82, 2.24) is 15.0 Å². The van der Waals surface area contributed by atoms with Gasteiger partial charge >= 0.3 is 0 Å². The number of hydrogen-bond donors (Lipinski definition) is 2. The van der Waals surface area contributed by atoms with Crippen LogP contribution in [0.2, 0.25) is 0 Å².